The molecule has 212 valence electrons. The van der Waals surface area contributed by atoms with Crippen LogP contribution in [0.1, 0.15) is 87.3 Å². The molecule has 1 aromatic carbocycles. The van der Waals surface area contributed by atoms with Crippen LogP contribution in [0.25, 0.3) is 0 Å². The molecule has 2 heterocycles. The number of hydrogen-bond acceptors (Lipinski definition) is 7. The summed E-state index contributed by atoms with van der Waals surface area (Å²) in [4.78, 5) is 27.3. The van der Waals surface area contributed by atoms with Crippen LogP contribution in [0.15, 0.2) is 24.3 Å². The highest BCUT2D eigenvalue weighted by atomic mass is 16.7. The Morgan fingerprint density at radius 2 is 1.50 bits per heavy atom. The topological polar surface area (TPSA) is 95.6 Å². The Labute approximate surface area is 228 Å². The van der Waals surface area contributed by atoms with Crippen LogP contribution in [0.4, 0.5) is 9.59 Å². The largest absolute Gasteiger partial charge is 0.494 e. The van der Waals surface area contributed by atoms with Crippen LogP contribution in [0.2, 0.25) is 0 Å². The molecule has 1 N–H and O–H groups in total. The fourth-order valence-corrected chi connectivity index (χ4v) is 4.31. The van der Waals surface area contributed by atoms with Crippen molar-refractivity contribution in [3.05, 3.63) is 29.8 Å². The number of morpholine rings is 1. The van der Waals surface area contributed by atoms with Gasteiger partial charge in [-0.25, -0.2) is 9.59 Å². The summed E-state index contributed by atoms with van der Waals surface area (Å²) < 4.78 is 29.4. The summed E-state index contributed by atoms with van der Waals surface area (Å²) in [7, 11) is -0.467. The van der Waals surface area contributed by atoms with E-state index in [1.54, 1.807) is 4.90 Å². The molecule has 0 saturated carbocycles. The predicted molar refractivity (Wildman–Crippen MR) is 146 cm³/mol. The number of amides is 2. The third-order valence-electron chi connectivity index (χ3n) is 6.91. The normalized spacial score (nSPS) is 23.2. The van der Waals surface area contributed by atoms with Gasteiger partial charge in [-0.1, -0.05) is 24.3 Å². The van der Waals surface area contributed by atoms with Gasteiger partial charge in [0.05, 0.1) is 36.5 Å². The van der Waals surface area contributed by atoms with Gasteiger partial charge >= 0.3 is 19.3 Å². The second kappa shape index (κ2) is 11.1. The number of nitrogens with one attached hydrogen (secondary N) is 1. The number of rotatable bonds is 5. The minimum atomic E-state index is -0.653. The lowest BCUT2D eigenvalue weighted by Gasteiger charge is -2.42. The molecule has 0 aromatic heterocycles. The Hall–Kier alpha value is -2.30. The first-order valence-electron chi connectivity index (χ1n) is 13.4. The summed E-state index contributed by atoms with van der Waals surface area (Å²) >= 11 is 0. The third-order valence-corrected chi connectivity index (χ3v) is 6.91. The maximum Gasteiger partial charge on any atom is 0.494 e. The molecule has 1 aromatic rings. The molecule has 2 fully saturated rings. The SMILES string of the molecule is CC(C)(C)OC(=O)NCCC1COCC(c2ccc(B3OC(C)(C)C(C)(C)O3)cc2)N1C(=O)OC(C)(C)C. The van der Waals surface area contributed by atoms with E-state index in [4.69, 9.17) is 23.5 Å². The van der Waals surface area contributed by atoms with Crippen molar-refractivity contribution in [3.8, 4) is 0 Å². The van der Waals surface area contributed by atoms with E-state index in [2.05, 4.69) is 5.32 Å². The molecule has 2 atom stereocenters. The number of ether oxygens (including phenoxy) is 3. The number of hydrogen-bond donors (Lipinski definition) is 1. The predicted octanol–water partition coefficient (Wildman–Crippen LogP) is 4.58. The zero-order valence-corrected chi connectivity index (χ0v) is 24.7. The van der Waals surface area contributed by atoms with Crippen molar-refractivity contribution in [1.82, 2.24) is 10.2 Å². The van der Waals surface area contributed by atoms with Crippen molar-refractivity contribution < 1.29 is 33.1 Å². The van der Waals surface area contributed by atoms with E-state index in [9.17, 15) is 9.59 Å². The maximum absolute atomic E-state index is 13.4. The van der Waals surface area contributed by atoms with Gasteiger partial charge in [0.2, 0.25) is 0 Å². The quantitative estimate of drug-likeness (QED) is 0.555. The van der Waals surface area contributed by atoms with Crippen molar-refractivity contribution in [3.63, 3.8) is 0 Å². The van der Waals surface area contributed by atoms with Gasteiger partial charge in [0.1, 0.15) is 11.2 Å². The van der Waals surface area contributed by atoms with Crippen LogP contribution < -0.4 is 10.8 Å². The second-order valence-electron chi connectivity index (χ2n) is 13.1. The molecule has 10 heteroatoms. The van der Waals surface area contributed by atoms with Gasteiger partial charge < -0.3 is 28.8 Å². The van der Waals surface area contributed by atoms with Gasteiger partial charge in [-0.3, -0.25) is 4.90 Å². The Morgan fingerprint density at radius 1 is 0.947 bits per heavy atom. The summed E-state index contributed by atoms with van der Waals surface area (Å²) in [6, 6.07) is 7.26. The Balaban J connectivity index is 1.77. The zero-order valence-electron chi connectivity index (χ0n) is 24.7. The van der Waals surface area contributed by atoms with E-state index in [1.807, 2.05) is 93.5 Å². The number of nitrogens with zero attached hydrogens (tertiary/aromatic N) is 1. The van der Waals surface area contributed by atoms with E-state index in [-0.39, 0.29) is 12.1 Å². The van der Waals surface area contributed by atoms with Crippen LogP contribution in [-0.2, 0) is 23.5 Å². The molecule has 0 radical (unpaired) electrons. The summed E-state index contributed by atoms with van der Waals surface area (Å²) in [6.07, 6.45) is -0.419. The highest BCUT2D eigenvalue weighted by Crippen LogP contribution is 2.37. The van der Waals surface area contributed by atoms with Gasteiger partial charge in [0.15, 0.2) is 0 Å². The lowest BCUT2D eigenvalue weighted by Crippen LogP contribution is -2.53. The van der Waals surface area contributed by atoms with E-state index in [0.717, 1.165) is 11.0 Å². The van der Waals surface area contributed by atoms with Crippen molar-refractivity contribution in [1.29, 1.82) is 0 Å². The molecule has 0 spiro atoms. The first kappa shape index (κ1) is 30.2. The van der Waals surface area contributed by atoms with E-state index in [1.165, 1.54) is 0 Å². The Morgan fingerprint density at radius 3 is 2.03 bits per heavy atom. The summed E-state index contributed by atoms with van der Waals surface area (Å²) in [6.45, 7) is 20.1. The molecule has 3 rings (SSSR count). The molecule has 2 saturated heterocycles. The van der Waals surface area contributed by atoms with Gasteiger partial charge in [-0.2, -0.15) is 0 Å². The number of alkyl carbamates (subject to hydrolysis) is 1. The average Bonchev–Trinajstić information content (AvgIpc) is 2.98. The fourth-order valence-electron chi connectivity index (χ4n) is 4.31. The minimum absolute atomic E-state index is 0.290. The molecule has 9 nitrogen and oxygen atoms in total. The molecule has 0 aliphatic carbocycles. The fraction of sp³-hybridized carbons (Fsp3) is 0.714. The van der Waals surface area contributed by atoms with Crippen molar-refractivity contribution in [2.24, 2.45) is 0 Å². The van der Waals surface area contributed by atoms with Gasteiger partial charge in [0.25, 0.3) is 0 Å². The van der Waals surface area contributed by atoms with E-state index in [0.29, 0.717) is 26.2 Å². The summed E-state index contributed by atoms with van der Waals surface area (Å²) in [5.74, 6) is 0. The molecule has 2 aliphatic rings. The smallest absolute Gasteiger partial charge is 0.444 e. The Kier molecular flexibility index (Phi) is 8.80. The number of benzene rings is 1. The molecule has 2 amide bonds. The van der Waals surface area contributed by atoms with Crippen LogP contribution >= 0.6 is 0 Å². The zero-order chi connectivity index (χ0) is 28.5. The van der Waals surface area contributed by atoms with E-state index >= 15 is 0 Å². The first-order valence-corrected chi connectivity index (χ1v) is 13.4. The second-order valence-corrected chi connectivity index (χ2v) is 13.1. The molecule has 0 bridgehead atoms. The summed E-state index contributed by atoms with van der Waals surface area (Å²) in [5.41, 5.74) is -0.270. The lowest BCUT2D eigenvalue weighted by atomic mass is 9.78. The van der Waals surface area contributed by atoms with Crippen molar-refractivity contribution in [2.45, 2.75) is 110 Å². The summed E-state index contributed by atoms with van der Waals surface area (Å²) in [5, 5.41) is 2.78. The molecular formula is C28H45BN2O7. The van der Waals surface area contributed by atoms with Gasteiger partial charge in [-0.15, -0.1) is 0 Å². The third kappa shape index (κ3) is 7.64. The molecule has 38 heavy (non-hydrogen) atoms. The standard InChI is InChI=1S/C28H45BN2O7/c1-25(2,3)35-23(32)30-16-15-21-17-34-18-22(31(21)24(33)36-26(4,5)6)19-11-13-20(14-12-19)29-37-27(7,8)28(9,10)38-29/h11-14,21-22H,15-18H2,1-10H3,(H,30,32). The molecule has 2 aliphatic heterocycles. The number of carbonyl (C=O) groups excluding carboxylic acids is 2. The van der Waals surface area contributed by atoms with Crippen LogP contribution in [-0.4, -0.2) is 72.4 Å². The lowest BCUT2D eigenvalue weighted by molar-refractivity contribution is -0.0635. The monoisotopic (exact) mass is 532 g/mol. The van der Waals surface area contributed by atoms with Crippen molar-refractivity contribution >= 4 is 24.8 Å². The highest BCUT2D eigenvalue weighted by Gasteiger charge is 2.51. The van der Waals surface area contributed by atoms with Crippen LogP contribution in [0, 0.1) is 0 Å². The van der Waals surface area contributed by atoms with Crippen molar-refractivity contribution in [2.75, 3.05) is 19.8 Å². The minimum Gasteiger partial charge on any atom is -0.444 e. The first-order chi connectivity index (χ1) is 17.4. The maximum atomic E-state index is 13.4. The highest BCUT2D eigenvalue weighted by molar-refractivity contribution is 6.62. The van der Waals surface area contributed by atoms with Gasteiger partial charge in [-0.05, 0) is 86.7 Å². The number of carbonyl (C=O) groups is 2. The Bertz CT molecular complexity index is 966. The van der Waals surface area contributed by atoms with E-state index < -0.39 is 41.7 Å². The van der Waals surface area contributed by atoms with Gasteiger partial charge in [0, 0.05) is 6.54 Å². The molecule has 2 unspecified atom stereocenters. The van der Waals surface area contributed by atoms with Crippen LogP contribution in [0.3, 0.4) is 0 Å². The molecular weight excluding hydrogens is 487 g/mol. The van der Waals surface area contributed by atoms with Crippen LogP contribution in [0.5, 0.6) is 0 Å². The average molecular weight is 532 g/mol.